The van der Waals surface area contributed by atoms with E-state index in [1.54, 1.807) is 0 Å². The highest BCUT2D eigenvalue weighted by molar-refractivity contribution is 7.58. The van der Waals surface area contributed by atoms with Crippen molar-refractivity contribution in [3.8, 4) is 23.3 Å². The van der Waals surface area contributed by atoms with Gasteiger partial charge in [-0.05, 0) is 12.5 Å². The van der Waals surface area contributed by atoms with E-state index in [1.807, 2.05) is 43.3 Å². The van der Waals surface area contributed by atoms with Gasteiger partial charge in [0.05, 0.1) is 11.6 Å². The van der Waals surface area contributed by atoms with E-state index in [1.165, 1.54) is 0 Å². The maximum atomic E-state index is 9.22. The number of anilines is 1. The van der Waals surface area contributed by atoms with E-state index in [9.17, 15) is 10.5 Å². The smallest absolute Gasteiger partial charge is 0.140 e. The second-order valence-corrected chi connectivity index (χ2v) is 4.40. The summed E-state index contributed by atoms with van der Waals surface area (Å²) in [4.78, 5) is 3.87. The van der Waals surface area contributed by atoms with Crippen LogP contribution in [0.4, 0.5) is 5.82 Å². The van der Waals surface area contributed by atoms with Crippen molar-refractivity contribution in [3.63, 3.8) is 0 Å². The maximum Gasteiger partial charge on any atom is 0.140 e. The number of rotatable bonds is 1. The molecular formula is C14H9N4S-. The first-order valence-electron chi connectivity index (χ1n) is 5.46. The van der Waals surface area contributed by atoms with Gasteiger partial charge in [0.25, 0.3) is 0 Å². The zero-order valence-electron chi connectivity index (χ0n) is 10.1. The van der Waals surface area contributed by atoms with Crippen LogP contribution >= 0.6 is 0 Å². The molecule has 0 aliphatic rings. The number of nitrogen functional groups attached to an aromatic ring is 1. The Labute approximate surface area is 116 Å². The molecule has 5 heteroatoms. The van der Waals surface area contributed by atoms with Crippen molar-refractivity contribution in [2.75, 3.05) is 5.73 Å². The summed E-state index contributed by atoms with van der Waals surface area (Å²) in [6, 6.07) is 11.5. The molecule has 0 spiro atoms. The highest BCUT2D eigenvalue weighted by Gasteiger charge is 2.15. The van der Waals surface area contributed by atoms with Crippen LogP contribution in [0.3, 0.4) is 0 Å². The van der Waals surface area contributed by atoms with E-state index >= 15 is 0 Å². The van der Waals surface area contributed by atoms with Gasteiger partial charge in [-0.2, -0.15) is 10.5 Å². The topological polar surface area (TPSA) is 86.5 Å². The number of hydrogen-bond acceptors (Lipinski definition) is 5. The molecule has 2 aromatic rings. The predicted molar refractivity (Wildman–Crippen MR) is 73.9 cm³/mol. The van der Waals surface area contributed by atoms with Crippen molar-refractivity contribution in [3.05, 3.63) is 41.0 Å². The first-order chi connectivity index (χ1) is 9.08. The minimum Gasteiger partial charge on any atom is -0.759 e. The van der Waals surface area contributed by atoms with Gasteiger partial charge in [0, 0.05) is 5.56 Å². The molecule has 4 nitrogen and oxygen atoms in total. The van der Waals surface area contributed by atoms with Gasteiger partial charge in [-0.25, -0.2) is 0 Å². The zero-order chi connectivity index (χ0) is 14.0. The van der Waals surface area contributed by atoms with Crippen LogP contribution in [0.25, 0.3) is 11.1 Å². The van der Waals surface area contributed by atoms with Crippen molar-refractivity contribution in [1.82, 2.24) is 4.98 Å². The summed E-state index contributed by atoms with van der Waals surface area (Å²) in [5, 5.41) is 18.6. The van der Waals surface area contributed by atoms with Gasteiger partial charge >= 0.3 is 0 Å². The van der Waals surface area contributed by atoms with Gasteiger partial charge in [-0.1, -0.05) is 34.9 Å². The predicted octanol–water partition coefficient (Wildman–Crippen LogP) is 2.29. The minimum atomic E-state index is 0.0575. The van der Waals surface area contributed by atoms with Crippen molar-refractivity contribution >= 4 is 18.4 Å². The Morgan fingerprint density at radius 2 is 1.68 bits per heavy atom. The quantitative estimate of drug-likeness (QED) is 0.799. The highest BCUT2D eigenvalue weighted by Crippen LogP contribution is 2.31. The Hall–Kier alpha value is -2.63. The third kappa shape index (κ3) is 2.20. The van der Waals surface area contributed by atoms with Gasteiger partial charge in [-0.15, -0.1) is 0 Å². The summed E-state index contributed by atoms with van der Waals surface area (Å²) in [6.07, 6.45) is 0. The number of aromatic nitrogens is 1. The van der Waals surface area contributed by atoms with Crippen LogP contribution in [0.15, 0.2) is 29.3 Å². The number of pyridine rings is 1. The largest absolute Gasteiger partial charge is 0.759 e. The fraction of sp³-hybridized carbons (Fsp3) is 0.0714. The van der Waals surface area contributed by atoms with E-state index in [0.717, 1.165) is 11.1 Å². The summed E-state index contributed by atoms with van der Waals surface area (Å²) in [7, 11) is 0. The fourth-order valence-electron chi connectivity index (χ4n) is 1.81. The molecule has 0 aliphatic heterocycles. The number of aryl methyl sites for hydroxylation is 1. The van der Waals surface area contributed by atoms with Crippen molar-refractivity contribution < 1.29 is 0 Å². The first kappa shape index (κ1) is 12.8. The average Bonchev–Trinajstić information content (AvgIpc) is 2.39. The lowest BCUT2D eigenvalue weighted by Crippen LogP contribution is -2.03. The molecule has 0 fully saturated rings. The lowest BCUT2D eigenvalue weighted by molar-refractivity contribution is 1.12. The van der Waals surface area contributed by atoms with Crippen LogP contribution in [0.2, 0.25) is 0 Å². The number of benzene rings is 1. The zero-order valence-corrected chi connectivity index (χ0v) is 11.0. The van der Waals surface area contributed by atoms with Gasteiger partial charge in [0.1, 0.15) is 17.5 Å². The molecule has 1 aromatic carbocycles. The Morgan fingerprint density at radius 3 is 2.21 bits per heavy atom. The maximum absolute atomic E-state index is 9.22. The van der Waals surface area contributed by atoms with Crippen molar-refractivity contribution in [1.29, 1.82) is 10.5 Å². The molecule has 0 amide bonds. The molecular weight excluding hydrogens is 256 g/mol. The monoisotopic (exact) mass is 265 g/mol. The summed E-state index contributed by atoms with van der Waals surface area (Å²) >= 11 is 5.04. The van der Waals surface area contributed by atoms with Gasteiger partial charge in [0.15, 0.2) is 0 Å². The summed E-state index contributed by atoms with van der Waals surface area (Å²) < 4.78 is 0. The molecule has 2 N–H and O–H groups in total. The number of hydrogen-bond donors (Lipinski definition) is 1. The summed E-state index contributed by atoms with van der Waals surface area (Å²) in [6.45, 7) is 1.96. The molecule has 0 unspecified atom stereocenters. The third-order valence-corrected chi connectivity index (χ3v) is 3.05. The molecule has 92 valence electrons. The second-order valence-electron chi connectivity index (χ2n) is 4.02. The minimum absolute atomic E-state index is 0.0575. The molecule has 0 saturated heterocycles. The molecule has 2 rings (SSSR count). The molecule has 0 radical (unpaired) electrons. The van der Waals surface area contributed by atoms with Gasteiger partial charge < -0.3 is 18.4 Å². The standard InChI is InChI=1S/C14H10N4S/c1-8-2-4-9(5-3-8)12-10(6-15)13(17)18-14(19)11(12)7-16/h2-5H,1H3,(H3,17,18,19)/p-1. The van der Waals surface area contributed by atoms with E-state index in [2.05, 4.69) is 4.98 Å². The van der Waals surface area contributed by atoms with Crippen LogP contribution in [0.5, 0.6) is 0 Å². The normalized spacial score (nSPS) is 9.63. The third-order valence-electron chi connectivity index (χ3n) is 2.76. The molecule has 19 heavy (non-hydrogen) atoms. The molecule has 0 bridgehead atoms. The fourth-order valence-corrected chi connectivity index (χ4v) is 2.05. The lowest BCUT2D eigenvalue weighted by Gasteiger charge is -2.15. The van der Waals surface area contributed by atoms with E-state index in [0.29, 0.717) is 5.56 Å². The average molecular weight is 265 g/mol. The summed E-state index contributed by atoms with van der Waals surface area (Å²) in [5.41, 5.74) is 8.40. The SMILES string of the molecule is Cc1ccc(-c2c(C#N)c(N)nc([S-])c2C#N)cc1. The molecule has 0 atom stereocenters. The van der Waals surface area contributed by atoms with E-state index < -0.39 is 0 Å². The summed E-state index contributed by atoms with van der Waals surface area (Å²) in [5.74, 6) is 0.0575. The first-order valence-corrected chi connectivity index (χ1v) is 5.87. The van der Waals surface area contributed by atoms with E-state index in [4.69, 9.17) is 18.4 Å². The van der Waals surface area contributed by atoms with Crippen LogP contribution in [-0.2, 0) is 12.6 Å². The number of nitrogens with two attached hydrogens (primary N) is 1. The van der Waals surface area contributed by atoms with Crippen LogP contribution in [0, 0.1) is 29.6 Å². The van der Waals surface area contributed by atoms with Crippen LogP contribution in [0.1, 0.15) is 16.7 Å². The van der Waals surface area contributed by atoms with E-state index in [-0.39, 0.29) is 22.0 Å². The Kier molecular flexibility index (Phi) is 3.33. The Morgan fingerprint density at radius 1 is 1.11 bits per heavy atom. The molecule has 1 aromatic heterocycles. The van der Waals surface area contributed by atoms with Crippen molar-refractivity contribution in [2.45, 2.75) is 11.9 Å². The molecule has 1 heterocycles. The van der Waals surface area contributed by atoms with Gasteiger partial charge in [0.2, 0.25) is 0 Å². The highest BCUT2D eigenvalue weighted by atomic mass is 32.1. The Balaban J connectivity index is 2.85. The van der Waals surface area contributed by atoms with Crippen molar-refractivity contribution in [2.24, 2.45) is 0 Å². The number of nitrogens with zero attached hydrogens (tertiary/aromatic N) is 3. The lowest BCUT2D eigenvalue weighted by atomic mass is 9.96. The van der Waals surface area contributed by atoms with Crippen LogP contribution < -0.4 is 5.73 Å². The van der Waals surface area contributed by atoms with Crippen LogP contribution in [-0.4, -0.2) is 4.98 Å². The second kappa shape index (κ2) is 4.93. The van der Waals surface area contributed by atoms with Gasteiger partial charge in [-0.3, -0.25) is 4.98 Å². The molecule has 0 saturated carbocycles. The Bertz CT molecular complexity index is 683. The number of nitriles is 2. The molecule has 0 aliphatic carbocycles.